The highest BCUT2D eigenvalue weighted by atomic mass is 32.2. The van der Waals surface area contributed by atoms with Crippen molar-refractivity contribution in [2.75, 3.05) is 32.0 Å². The molecule has 2 saturated heterocycles. The van der Waals surface area contributed by atoms with Gasteiger partial charge in [-0.1, -0.05) is 6.07 Å². The number of hydrogen-bond acceptors (Lipinski definition) is 5. The molecule has 2 fully saturated rings. The Morgan fingerprint density at radius 3 is 2.50 bits per heavy atom. The molecule has 3 heterocycles. The number of hydrogen-bond donors (Lipinski definition) is 1. The molecule has 162 valence electrons. The Morgan fingerprint density at radius 1 is 1.17 bits per heavy atom. The van der Waals surface area contributed by atoms with Crippen molar-refractivity contribution < 1.29 is 17.6 Å². The molecule has 0 unspecified atom stereocenters. The number of carbonyl (C=O) groups excluding carboxylic acids is 1. The molecule has 9 heteroatoms. The summed E-state index contributed by atoms with van der Waals surface area (Å²) in [5.74, 6) is -0.138. The summed E-state index contributed by atoms with van der Waals surface area (Å²) >= 11 is 1.25. The minimum Gasteiger partial charge on any atom is -0.326 e. The van der Waals surface area contributed by atoms with Gasteiger partial charge in [0.25, 0.3) is 10.0 Å². The lowest BCUT2D eigenvalue weighted by Gasteiger charge is -2.36. The molecule has 1 aromatic heterocycles. The van der Waals surface area contributed by atoms with E-state index < -0.39 is 10.0 Å². The molecule has 4 rings (SSSR count). The number of carbonyl (C=O) groups is 1. The fourth-order valence-corrected chi connectivity index (χ4v) is 7.20. The summed E-state index contributed by atoms with van der Waals surface area (Å²) in [5, 5.41) is 4.66. The van der Waals surface area contributed by atoms with E-state index in [1.54, 1.807) is 34.0 Å². The van der Waals surface area contributed by atoms with Gasteiger partial charge < -0.3 is 10.2 Å². The molecule has 2 aliphatic rings. The Balaban J connectivity index is 1.33. The molecule has 0 saturated carbocycles. The quantitative estimate of drug-likeness (QED) is 0.758. The molecule has 1 N–H and O–H groups in total. The van der Waals surface area contributed by atoms with Crippen molar-refractivity contribution in [3.05, 3.63) is 47.6 Å². The summed E-state index contributed by atoms with van der Waals surface area (Å²) in [6.45, 7) is 1.70. The monoisotopic (exact) mass is 451 g/mol. The van der Waals surface area contributed by atoms with Crippen LogP contribution in [0.5, 0.6) is 0 Å². The first-order valence-electron chi connectivity index (χ1n) is 10.1. The minimum absolute atomic E-state index is 0.0475. The number of sulfonamides is 1. The van der Waals surface area contributed by atoms with Crippen LogP contribution < -0.4 is 5.32 Å². The highest BCUT2D eigenvalue weighted by Crippen LogP contribution is 2.35. The average molecular weight is 452 g/mol. The third-order valence-corrected chi connectivity index (χ3v) is 9.49. The highest BCUT2D eigenvalue weighted by Gasteiger charge is 2.40. The van der Waals surface area contributed by atoms with Crippen LogP contribution >= 0.6 is 11.3 Å². The highest BCUT2D eigenvalue weighted by molar-refractivity contribution is 7.91. The van der Waals surface area contributed by atoms with Crippen LogP contribution in [0.25, 0.3) is 0 Å². The van der Waals surface area contributed by atoms with Gasteiger partial charge in [0.2, 0.25) is 5.91 Å². The molecule has 1 amide bonds. The zero-order chi connectivity index (χ0) is 21.3. The first-order chi connectivity index (χ1) is 14.3. The van der Waals surface area contributed by atoms with Crippen LogP contribution in [0.3, 0.4) is 0 Å². The molecule has 0 radical (unpaired) electrons. The van der Waals surface area contributed by atoms with Gasteiger partial charge in [-0.2, -0.15) is 4.31 Å². The van der Waals surface area contributed by atoms with Crippen LogP contribution in [0.2, 0.25) is 0 Å². The molecular weight excluding hydrogens is 425 g/mol. The van der Waals surface area contributed by atoms with Gasteiger partial charge in [-0.15, -0.1) is 11.3 Å². The predicted molar refractivity (Wildman–Crippen MR) is 115 cm³/mol. The molecule has 2 aromatic rings. The van der Waals surface area contributed by atoms with Gasteiger partial charge in [0.05, 0.1) is 5.92 Å². The van der Waals surface area contributed by atoms with E-state index in [0.717, 1.165) is 19.3 Å². The van der Waals surface area contributed by atoms with E-state index in [4.69, 9.17) is 0 Å². The summed E-state index contributed by atoms with van der Waals surface area (Å²) < 4.78 is 40.5. The lowest BCUT2D eigenvalue weighted by Crippen LogP contribution is -2.43. The van der Waals surface area contributed by atoms with E-state index in [1.165, 1.54) is 23.5 Å². The number of nitrogens with zero attached hydrogens (tertiary/aromatic N) is 2. The second kappa shape index (κ2) is 8.74. The second-order valence-corrected chi connectivity index (χ2v) is 11.2. The van der Waals surface area contributed by atoms with Crippen LogP contribution in [-0.2, 0) is 14.8 Å². The van der Waals surface area contributed by atoms with E-state index in [-0.39, 0.29) is 23.7 Å². The van der Waals surface area contributed by atoms with Crippen molar-refractivity contribution in [1.82, 2.24) is 9.21 Å². The Kier molecular flexibility index (Phi) is 6.24. The molecule has 0 bridgehead atoms. The smallest absolute Gasteiger partial charge is 0.252 e. The predicted octanol–water partition coefficient (Wildman–Crippen LogP) is 3.25. The number of benzene rings is 1. The fourth-order valence-electron chi connectivity index (χ4n) is 4.59. The molecule has 0 spiro atoms. The lowest BCUT2D eigenvalue weighted by atomic mass is 9.87. The molecule has 30 heavy (non-hydrogen) atoms. The van der Waals surface area contributed by atoms with Gasteiger partial charge >= 0.3 is 0 Å². The standard InChI is InChI=1S/C21H26FN3O3S2/c1-24-14-16(21(26)23-18-6-4-17(22)5-7-18)13-19(24)15-8-10-25(11-9-15)30(27,28)20-3-2-12-29-20/h2-7,12,15-16,19H,8-11,13-14H2,1H3,(H,23,26)/t16-,19-/m0/s1. The first-order valence-corrected chi connectivity index (χ1v) is 12.5. The summed E-state index contributed by atoms with van der Waals surface area (Å²) in [5.41, 5.74) is 0.597. The summed E-state index contributed by atoms with van der Waals surface area (Å²) in [7, 11) is -1.36. The van der Waals surface area contributed by atoms with Crippen molar-refractivity contribution >= 4 is 33.0 Å². The number of halogens is 1. The average Bonchev–Trinajstić information content (AvgIpc) is 3.40. The van der Waals surface area contributed by atoms with E-state index in [1.807, 2.05) is 7.05 Å². The van der Waals surface area contributed by atoms with Crippen molar-refractivity contribution in [2.24, 2.45) is 11.8 Å². The largest absolute Gasteiger partial charge is 0.326 e. The van der Waals surface area contributed by atoms with Crippen LogP contribution in [0.15, 0.2) is 46.0 Å². The normalized spacial score (nSPS) is 24.2. The minimum atomic E-state index is -3.39. The Bertz CT molecular complexity index is 971. The summed E-state index contributed by atoms with van der Waals surface area (Å²) in [6.07, 6.45) is 2.35. The molecule has 6 nitrogen and oxygen atoms in total. The van der Waals surface area contributed by atoms with Crippen LogP contribution in [0.4, 0.5) is 10.1 Å². The van der Waals surface area contributed by atoms with Gasteiger partial charge in [-0.3, -0.25) is 4.79 Å². The van der Waals surface area contributed by atoms with Crippen molar-refractivity contribution in [1.29, 1.82) is 0 Å². The maximum atomic E-state index is 13.1. The van der Waals surface area contributed by atoms with Gasteiger partial charge in [0, 0.05) is 31.4 Å². The van der Waals surface area contributed by atoms with Crippen LogP contribution in [-0.4, -0.2) is 56.3 Å². The van der Waals surface area contributed by atoms with Crippen molar-refractivity contribution in [3.8, 4) is 0 Å². The van der Waals surface area contributed by atoms with Crippen LogP contribution in [0, 0.1) is 17.7 Å². The number of thiophene rings is 1. The molecule has 1 aromatic carbocycles. The number of piperidine rings is 1. The Morgan fingerprint density at radius 2 is 1.87 bits per heavy atom. The van der Waals surface area contributed by atoms with E-state index in [9.17, 15) is 17.6 Å². The number of rotatable bonds is 5. The molecular formula is C21H26FN3O3S2. The number of anilines is 1. The zero-order valence-electron chi connectivity index (χ0n) is 16.8. The van der Waals surface area contributed by atoms with Gasteiger partial charge in [0.1, 0.15) is 10.0 Å². The van der Waals surface area contributed by atoms with E-state index in [0.29, 0.717) is 35.4 Å². The first kappa shape index (κ1) is 21.4. The lowest BCUT2D eigenvalue weighted by molar-refractivity contribution is -0.119. The molecule has 2 aliphatic heterocycles. The summed E-state index contributed by atoms with van der Waals surface area (Å²) in [6, 6.07) is 9.46. The Hall–Kier alpha value is -1.81. The fraction of sp³-hybridized carbons (Fsp3) is 0.476. The maximum absolute atomic E-state index is 13.1. The zero-order valence-corrected chi connectivity index (χ0v) is 18.5. The molecule has 2 atom stereocenters. The number of amides is 1. The van der Waals surface area contributed by atoms with E-state index in [2.05, 4.69) is 10.2 Å². The molecule has 0 aliphatic carbocycles. The van der Waals surface area contributed by atoms with Gasteiger partial charge in [-0.05, 0) is 67.9 Å². The van der Waals surface area contributed by atoms with Gasteiger partial charge in [-0.25, -0.2) is 12.8 Å². The third-order valence-electron chi connectivity index (χ3n) is 6.22. The van der Waals surface area contributed by atoms with Crippen LogP contribution in [0.1, 0.15) is 19.3 Å². The van der Waals surface area contributed by atoms with E-state index >= 15 is 0 Å². The Labute approximate surface area is 180 Å². The van der Waals surface area contributed by atoms with Crippen molar-refractivity contribution in [3.63, 3.8) is 0 Å². The topological polar surface area (TPSA) is 69.7 Å². The van der Waals surface area contributed by atoms with Crippen molar-refractivity contribution in [2.45, 2.75) is 29.5 Å². The number of likely N-dealkylation sites (tertiary alicyclic amines) is 1. The second-order valence-electron chi connectivity index (χ2n) is 8.11. The summed E-state index contributed by atoms with van der Waals surface area (Å²) in [4.78, 5) is 14.9. The third kappa shape index (κ3) is 4.44. The maximum Gasteiger partial charge on any atom is 0.252 e. The van der Waals surface area contributed by atoms with Gasteiger partial charge in [0.15, 0.2) is 0 Å². The SMILES string of the molecule is CN1C[C@@H](C(=O)Nc2ccc(F)cc2)C[C@H]1C1CCN(S(=O)(=O)c2cccs2)CC1. The number of nitrogens with one attached hydrogen (secondary N) is 1.